The molecule has 0 radical (unpaired) electrons. The molecule has 4 rings (SSSR count). The van der Waals surface area contributed by atoms with Crippen LogP contribution >= 0.6 is 0 Å². The summed E-state index contributed by atoms with van der Waals surface area (Å²) in [6, 6.07) is 25.7. The number of amides is 1. The quantitative estimate of drug-likeness (QED) is 0.695. The maximum Gasteiger partial charge on any atom is 0.243 e. The van der Waals surface area contributed by atoms with Crippen LogP contribution in [0.15, 0.2) is 72.8 Å². The van der Waals surface area contributed by atoms with Crippen molar-refractivity contribution in [2.45, 2.75) is 13.0 Å². The Bertz CT molecular complexity index is 1070. The van der Waals surface area contributed by atoms with Gasteiger partial charge in [-0.25, -0.2) is 0 Å². The molecule has 144 valence electrons. The summed E-state index contributed by atoms with van der Waals surface area (Å²) in [5.74, 6) is -0.188. The first-order valence-corrected chi connectivity index (χ1v) is 9.68. The molecule has 3 aromatic rings. The fourth-order valence-electron chi connectivity index (χ4n) is 3.66. The first kappa shape index (κ1) is 18.6. The molecule has 3 aromatic carbocycles. The molecule has 0 aliphatic carbocycles. The lowest BCUT2D eigenvalue weighted by atomic mass is 9.99. The maximum atomic E-state index is 12.4. The van der Waals surface area contributed by atoms with Crippen molar-refractivity contribution in [3.63, 3.8) is 0 Å². The molecule has 0 aromatic heterocycles. The number of carbonyl (C=O) groups excluding carboxylic acids is 1. The Morgan fingerprint density at radius 1 is 0.931 bits per heavy atom. The van der Waals surface area contributed by atoms with Crippen molar-refractivity contribution in [1.82, 2.24) is 0 Å². The Morgan fingerprint density at radius 2 is 1.62 bits per heavy atom. The van der Waals surface area contributed by atoms with E-state index in [1.54, 1.807) is 24.3 Å². The van der Waals surface area contributed by atoms with Crippen LogP contribution in [0, 0.1) is 11.3 Å². The molecule has 0 saturated carbocycles. The summed E-state index contributed by atoms with van der Waals surface area (Å²) in [5, 5.41) is 15.2. The second-order valence-corrected chi connectivity index (χ2v) is 7.02. The number of hydrogen-bond acceptors (Lipinski definition) is 4. The van der Waals surface area contributed by atoms with Gasteiger partial charge in [0.15, 0.2) is 0 Å². The topological polar surface area (TPSA) is 68.2 Å². The number of rotatable bonds is 5. The van der Waals surface area contributed by atoms with E-state index in [2.05, 4.69) is 51.9 Å². The lowest BCUT2D eigenvalue weighted by Gasteiger charge is -2.32. The molecule has 0 unspecified atom stereocenters. The van der Waals surface area contributed by atoms with Crippen molar-refractivity contribution in [1.29, 1.82) is 5.26 Å². The summed E-state index contributed by atoms with van der Waals surface area (Å²) >= 11 is 0. The highest BCUT2D eigenvalue weighted by molar-refractivity contribution is 5.95. The number of carbonyl (C=O) groups is 1. The monoisotopic (exact) mass is 382 g/mol. The van der Waals surface area contributed by atoms with Crippen LogP contribution in [0.5, 0.6) is 0 Å². The molecule has 0 bridgehead atoms. The van der Waals surface area contributed by atoms with Crippen LogP contribution in [0.2, 0.25) is 0 Å². The predicted octanol–water partition coefficient (Wildman–Crippen LogP) is 4.17. The number of benzene rings is 3. The van der Waals surface area contributed by atoms with Gasteiger partial charge in [-0.05, 0) is 41.8 Å². The van der Waals surface area contributed by atoms with E-state index in [1.807, 2.05) is 18.2 Å². The maximum absolute atomic E-state index is 12.4. The van der Waals surface area contributed by atoms with Gasteiger partial charge < -0.3 is 15.5 Å². The Balaban J connectivity index is 1.44. The third-order valence-corrected chi connectivity index (χ3v) is 5.14. The Labute approximate surface area is 170 Å². The molecule has 1 heterocycles. The molecule has 2 N–H and O–H groups in total. The highest BCUT2D eigenvalue weighted by Crippen LogP contribution is 2.30. The standard InChI is InChI=1S/C24H22N4O/c25-15-19-8-3-4-10-21(19)27-24(29)16-26-22-11-5-6-12-23(22)28-14-13-18-7-1-2-9-20(18)17-28/h1-12,26H,13-14,16-17H2,(H,27,29). The number of fused-ring (bicyclic) bond motifs is 1. The highest BCUT2D eigenvalue weighted by atomic mass is 16.1. The van der Waals surface area contributed by atoms with Gasteiger partial charge in [-0.15, -0.1) is 0 Å². The molecule has 0 spiro atoms. The van der Waals surface area contributed by atoms with E-state index >= 15 is 0 Å². The summed E-state index contributed by atoms with van der Waals surface area (Å²) in [6.45, 7) is 1.93. The van der Waals surface area contributed by atoms with E-state index in [-0.39, 0.29) is 12.5 Å². The summed E-state index contributed by atoms with van der Waals surface area (Å²) < 4.78 is 0. The number of anilines is 3. The zero-order valence-electron chi connectivity index (χ0n) is 16.1. The second-order valence-electron chi connectivity index (χ2n) is 7.02. The van der Waals surface area contributed by atoms with E-state index in [0.29, 0.717) is 11.3 Å². The van der Waals surface area contributed by atoms with Crippen LogP contribution in [0.25, 0.3) is 0 Å². The van der Waals surface area contributed by atoms with E-state index in [0.717, 1.165) is 30.9 Å². The Hall–Kier alpha value is -3.78. The summed E-state index contributed by atoms with van der Waals surface area (Å²) in [7, 11) is 0. The van der Waals surface area contributed by atoms with Gasteiger partial charge in [-0.1, -0.05) is 48.5 Å². The number of nitriles is 1. The smallest absolute Gasteiger partial charge is 0.243 e. The third-order valence-electron chi connectivity index (χ3n) is 5.14. The normalized spacial score (nSPS) is 12.6. The van der Waals surface area contributed by atoms with Crippen molar-refractivity contribution >= 4 is 23.0 Å². The number of para-hydroxylation sites is 3. The van der Waals surface area contributed by atoms with Gasteiger partial charge in [0.1, 0.15) is 6.07 Å². The zero-order valence-corrected chi connectivity index (χ0v) is 16.1. The van der Waals surface area contributed by atoms with E-state index < -0.39 is 0 Å². The lowest BCUT2D eigenvalue weighted by molar-refractivity contribution is -0.114. The minimum Gasteiger partial charge on any atom is -0.374 e. The van der Waals surface area contributed by atoms with Gasteiger partial charge in [-0.3, -0.25) is 4.79 Å². The average Bonchev–Trinajstić information content (AvgIpc) is 2.78. The Morgan fingerprint density at radius 3 is 2.45 bits per heavy atom. The van der Waals surface area contributed by atoms with Crippen molar-refractivity contribution in [2.24, 2.45) is 0 Å². The van der Waals surface area contributed by atoms with Gasteiger partial charge in [0.2, 0.25) is 5.91 Å². The SMILES string of the molecule is N#Cc1ccccc1NC(=O)CNc1ccccc1N1CCc2ccccc2C1. The zero-order chi connectivity index (χ0) is 20.1. The minimum atomic E-state index is -0.188. The van der Waals surface area contributed by atoms with Crippen LogP contribution in [-0.2, 0) is 17.8 Å². The minimum absolute atomic E-state index is 0.126. The van der Waals surface area contributed by atoms with Crippen LogP contribution in [0.3, 0.4) is 0 Å². The average molecular weight is 382 g/mol. The first-order valence-electron chi connectivity index (χ1n) is 9.68. The van der Waals surface area contributed by atoms with Crippen LogP contribution in [-0.4, -0.2) is 19.0 Å². The van der Waals surface area contributed by atoms with E-state index in [9.17, 15) is 4.79 Å². The van der Waals surface area contributed by atoms with Crippen LogP contribution < -0.4 is 15.5 Å². The molecule has 29 heavy (non-hydrogen) atoms. The number of nitrogens with one attached hydrogen (secondary N) is 2. The van der Waals surface area contributed by atoms with E-state index in [4.69, 9.17) is 5.26 Å². The summed E-state index contributed by atoms with van der Waals surface area (Å²) in [6.07, 6.45) is 1.01. The van der Waals surface area contributed by atoms with Crippen molar-refractivity contribution < 1.29 is 4.79 Å². The van der Waals surface area contributed by atoms with Gasteiger partial charge in [0.05, 0.1) is 29.2 Å². The molecule has 0 atom stereocenters. The Kier molecular flexibility index (Phi) is 5.44. The fraction of sp³-hybridized carbons (Fsp3) is 0.167. The van der Waals surface area contributed by atoms with Crippen molar-refractivity contribution in [2.75, 3.05) is 28.6 Å². The molecule has 5 nitrogen and oxygen atoms in total. The van der Waals surface area contributed by atoms with Gasteiger partial charge >= 0.3 is 0 Å². The van der Waals surface area contributed by atoms with Crippen LogP contribution in [0.4, 0.5) is 17.1 Å². The summed E-state index contributed by atoms with van der Waals surface area (Å²) in [4.78, 5) is 14.7. The van der Waals surface area contributed by atoms with E-state index in [1.165, 1.54) is 11.1 Å². The van der Waals surface area contributed by atoms with Crippen LogP contribution in [0.1, 0.15) is 16.7 Å². The largest absolute Gasteiger partial charge is 0.374 e. The number of hydrogen-bond donors (Lipinski definition) is 2. The second kappa shape index (κ2) is 8.49. The first-order chi connectivity index (χ1) is 14.2. The predicted molar refractivity (Wildman–Crippen MR) is 116 cm³/mol. The molecule has 1 aliphatic rings. The molecular formula is C24H22N4O. The molecular weight excluding hydrogens is 360 g/mol. The van der Waals surface area contributed by atoms with Gasteiger partial charge in [-0.2, -0.15) is 5.26 Å². The molecule has 0 fully saturated rings. The molecule has 5 heteroatoms. The number of nitrogens with zero attached hydrogens (tertiary/aromatic N) is 2. The van der Waals surface area contributed by atoms with Gasteiger partial charge in [0.25, 0.3) is 0 Å². The third kappa shape index (κ3) is 4.22. The fourth-order valence-corrected chi connectivity index (χ4v) is 3.66. The van der Waals surface area contributed by atoms with Gasteiger partial charge in [0, 0.05) is 13.1 Å². The molecule has 1 aliphatic heterocycles. The summed E-state index contributed by atoms with van der Waals surface area (Å²) in [5.41, 5.74) is 5.75. The lowest BCUT2D eigenvalue weighted by Crippen LogP contribution is -2.31. The molecule has 0 saturated heterocycles. The highest BCUT2D eigenvalue weighted by Gasteiger charge is 2.18. The van der Waals surface area contributed by atoms with Crippen molar-refractivity contribution in [3.8, 4) is 6.07 Å². The molecule has 1 amide bonds. The van der Waals surface area contributed by atoms with Crippen molar-refractivity contribution in [3.05, 3.63) is 89.5 Å².